The van der Waals surface area contributed by atoms with Crippen molar-refractivity contribution in [2.75, 3.05) is 18.1 Å². The van der Waals surface area contributed by atoms with Gasteiger partial charge in [0.15, 0.2) is 16.6 Å². The monoisotopic (exact) mass is 1280 g/mol. The second-order valence-corrected chi connectivity index (χ2v) is 29.5. The molecule has 0 saturated heterocycles. The van der Waals surface area contributed by atoms with Crippen molar-refractivity contribution in [2.24, 2.45) is 0 Å². The van der Waals surface area contributed by atoms with Crippen LogP contribution < -0.4 is 11.1 Å². The lowest BCUT2D eigenvalue weighted by Crippen LogP contribution is -2.43. The number of pyridine rings is 2. The van der Waals surface area contributed by atoms with Gasteiger partial charge in [0.1, 0.15) is 23.3 Å². The molecule has 70 heavy (non-hydrogen) atoms. The highest BCUT2D eigenvalue weighted by atomic mass is 127. The summed E-state index contributed by atoms with van der Waals surface area (Å²) in [7, 11) is -4.19. The van der Waals surface area contributed by atoms with Crippen molar-refractivity contribution in [3.63, 3.8) is 0 Å². The molecule has 4 heterocycles. The van der Waals surface area contributed by atoms with Gasteiger partial charge in [-0.05, 0) is 115 Å². The van der Waals surface area contributed by atoms with Gasteiger partial charge in [0, 0.05) is 48.0 Å². The van der Waals surface area contributed by atoms with Crippen LogP contribution in [0.5, 0.6) is 0 Å². The van der Waals surface area contributed by atoms with E-state index in [2.05, 4.69) is 110 Å². The Morgan fingerprint density at radius 2 is 0.957 bits per heavy atom. The van der Waals surface area contributed by atoms with Crippen LogP contribution in [-0.2, 0) is 20.4 Å². The SMILES string of the molecule is CI.Cc1nccc(-c2ccn([C@H](CO[Si](C)(C)C(C)(C)C)c3ccc(Cl)c(F)c3)c(=O)c2)n1.Cc1nccc(-c2ccn([C@H](CO[Si](C)(C)C(C)(C)C)c3ccc(Cl)c(F)c3)c(=O)c2)n1.I.O=S=O. The molecular weight excluding hydrogens is 1220 g/mol. The minimum atomic E-state index is -2.10. The Kier molecular flexibility index (Phi) is 24.7. The minimum Gasteiger partial charge on any atom is -0.414 e. The van der Waals surface area contributed by atoms with E-state index in [-0.39, 0.29) is 68.4 Å². The Labute approximate surface area is 456 Å². The van der Waals surface area contributed by atoms with Gasteiger partial charge in [-0.2, -0.15) is 8.42 Å². The molecule has 6 rings (SSSR count). The molecule has 0 unspecified atom stereocenters. The zero-order valence-electron chi connectivity index (χ0n) is 41.6. The molecule has 0 bridgehead atoms. The van der Waals surface area contributed by atoms with E-state index < -0.39 is 51.9 Å². The van der Waals surface area contributed by atoms with Crippen LogP contribution in [0.1, 0.15) is 76.4 Å². The summed E-state index contributed by atoms with van der Waals surface area (Å²) in [4.78, 5) is 45.2. The first-order valence-electron chi connectivity index (χ1n) is 21.7. The number of aryl methyl sites for hydroxylation is 2. The number of hydrogen-bond donors (Lipinski definition) is 0. The van der Waals surface area contributed by atoms with Crippen molar-refractivity contribution < 1.29 is 26.1 Å². The number of nitrogens with zero attached hydrogens (tertiary/aromatic N) is 6. The molecule has 380 valence electrons. The summed E-state index contributed by atoms with van der Waals surface area (Å²) in [6, 6.07) is 18.5. The molecule has 0 fully saturated rings. The van der Waals surface area contributed by atoms with Crippen LogP contribution in [0.4, 0.5) is 8.78 Å². The van der Waals surface area contributed by atoms with Crippen LogP contribution in [0.2, 0.25) is 46.3 Å². The Morgan fingerprint density at radius 3 is 1.23 bits per heavy atom. The van der Waals surface area contributed by atoms with Crippen LogP contribution in [0.3, 0.4) is 0 Å². The number of alkyl halides is 1. The molecule has 2 atom stereocenters. The fraction of sp³-hybridized carbons (Fsp3) is 0.388. The van der Waals surface area contributed by atoms with Gasteiger partial charge < -0.3 is 18.0 Å². The third kappa shape index (κ3) is 17.4. The molecular formula is C49H62Cl2F2I2N6O6SSi2. The third-order valence-corrected chi connectivity index (χ3v) is 21.8. The molecule has 0 aliphatic carbocycles. The van der Waals surface area contributed by atoms with E-state index in [1.54, 1.807) is 72.0 Å². The van der Waals surface area contributed by atoms with Crippen molar-refractivity contribution in [1.82, 2.24) is 29.1 Å². The Morgan fingerprint density at radius 1 is 0.629 bits per heavy atom. The zero-order chi connectivity index (χ0) is 52.1. The van der Waals surface area contributed by atoms with Gasteiger partial charge in [-0.1, -0.05) is 99.5 Å². The largest absolute Gasteiger partial charge is 0.414 e. The number of halogens is 6. The quantitative estimate of drug-likeness (QED) is 0.0659. The summed E-state index contributed by atoms with van der Waals surface area (Å²) >= 11 is 13.2. The summed E-state index contributed by atoms with van der Waals surface area (Å²) in [6.07, 6.45) is 6.74. The minimum absolute atomic E-state index is 0. The van der Waals surface area contributed by atoms with E-state index in [0.29, 0.717) is 45.3 Å². The maximum atomic E-state index is 14.3. The van der Waals surface area contributed by atoms with Crippen molar-refractivity contribution >= 4 is 98.0 Å². The van der Waals surface area contributed by atoms with Crippen LogP contribution in [0, 0.1) is 25.5 Å². The van der Waals surface area contributed by atoms with Crippen LogP contribution >= 0.6 is 69.8 Å². The lowest BCUT2D eigenvalue weighted by Gasteiger charge is -2.37. The summed E-state index contributed by atoms with van der Waals surface area (Å²) in [5, 5.41) is 0.0876. The molecule has 21 heteroatoms. The van der Waals surface area contributed by atoms with Gasteiger partial charge >= 0.3 is 11.6 Å². The average Bonchev–Trinajstić information content (AvgIpc) is 3.27. The van der Waals surface area contributed by atoms with E-state index in [0.717, 1.165) is 0 Å². The van der Waals surface area contributed by atoms with Gasteiger partial charge in [-0.15, -0.1) is 24.0 Å². The summed E-state index contributed by atoms with van der Waals surface area (Å²) in [5.41, 5.74) is 3.54. The molecule has 0 N–H and O–H groups in total. The molecule has 0 aliphatic heterocycles. The van der Waals surface area contributed by atoms with Crippen LogP contribution in [0.15, 0.2) is 107 Å². The van der Waals surface area contributed by atoms with Gasteiger partial charge in [0.05, 0.1) is 46.7 Å². The lowest BCUT2D eigenvalue weighted by atomic mass is 10.1. The highest BCUT2D eigenvalue weighted by Gasteiger charge is 2.39. The molecule has 6 aromatic rings. The first kappa shape index (κ1) is 62.7. The number of hydrogen-bond acceptors (Lipinski definition) is 10. The molecule has 0 radical (unpaired) electrons. The smallest absolute Gasteiger partial charge is 0.335 e. The maximum Gasteiger partial charge on any atom is 0.335 e. The predicted molar refractivity (Wildman–Crippen MR) is 303 cm³/mol. The van der Waals surface area contributed by atoms with Crippen LogP contribution in [0.25, 0.3) is 22.5 Å². The second-order valence-electron chi connectivity index (χ2n) is 18.9. The van der Waals surface area contributed by atoms with Crippen molar-refractivity contribution in [2.45, 2.75) is 104 Å². The predicted octanol–water partition coefficient (Wildman–Crippen LogP) is 13.0. The molecule has 12 nitrogen and oxygen atoms in total. The molecule has 0 aliphatic rings. The van der Waals surface area contributed by atoms with E-state index in [1.165, 1.54) is 36.4 Å². The fourth-order valence-electron chi connectivity index (χ4n) is 6.17. The summed E-state index contributed by atoms with van der Waals surface area (Å²) in [5.74, 6) is 0.207. The summed E-state index contributed by atoms with van der Waals surface area (Å²) in [6.45, 7) is 25.6. The van der Waals surface area contributed by atoms with Gasteiger partial charge in [0.2, 0.25) is 0 Å². The van der Waals surface area contributed by atoms with Crippen molar-refractivity contribution in [1.29, 1.82) is 0 Å². The number of benzene rings is 2. The van der Waals surface area contributed by atoms with Gasteiger partial charge in [0.25, 0.3) is 11.1 Å². The highest BCUT2D eigenvalue weighted by Crippen LogP contribution is 2.39. The third-order valence-electron chi connectivity index (χ3n) is 12.2. The molecule has 4 aromatic heterocycles. The van der Waals surface area contributed by atoms with E-state index in [4.69, 9.17) is 40.5 Å². The zero-order valence-corrected chi connectivity index (χ0v) is 50.5. The van der Waals surface area contributed by atoms with Crippen LogP contribution in [-0.4, -0.2) is 72.3 Å². The normalized spacial score (nSPS) is 12.4. The van der Waals surface area contributed by atoms with E-state index in [9.17, 15) is 18.4 Å². The van der Waals surface area contributed by atoms with Gasteiger partial charge in [-0.25, -0.2) is 28.7 Å². The average molecular weight is 1280 g/mol. The van der Waals surface area contributed by atoms with E-state index in [1.807, 2.05) is 17.1 Å². The van der Waals surface area contributed by atoms with Crippen molar-refractivity contribution in [3.8, 4) is 22.5 Å². The highest BCUT2D eigenvalue weighted by molar-refractivity contribution is 14.1. The fourth-order valence-corrected chi connectivity index (χ4v) is 8.42. The lowest BCUT2D eigenvalue weighted by molar-refractivity contribution is 0.245. The summed E-state index contributed by atoms with van der Waals surface area (Å²) < 4.78 is 61.1. The molecule has 0 spiro atoms. The maximum absolute atomic E-state index is 14.3. The number of rotatable bonds is 12. The van der Waals surface area contributed by atoms with Crippen molar-refractivity contribution in [3.05, 3.63) is 163 Å². The topological polar surface area (TPSA) is 148 Å². The first-order valence-corrected chi connectivity index (χ1v) is 31.1. The molecule has 0 amide bonds. The standard InChI is InChI=1S/2C24H29ClFN3O2Si.CH3I.HI.O2S/c2*1-16-27-11-9-21(28-16)17-10-12-29(23(30)14-17)22(15-31-32(5,6)24(2,3)4)18-7-8-19(25)20(26)13-18;1-2;;1-3-2/h2*7-14,22H,15H2,1-6H3;1H3;1H;/t2*22-;;;/m11.../s1. The van der Waals surface area contributed by atoms with E-state index >= 15 is 0 Å². The Bertz CT molecular complexity index is 2660. The second kappa shape index (κ2) is 27.6. The Hall–Kier alpha value is -3.43. The molecule has 2 aromatic carbocycles. The first-order chi connectivity index (χ1) is 32.2. The van der Waals surface area contributed by atoms with Gasteiger partial charge in [-0.3, -0.25) is 9.59 Å². The molecule has 0 saturated carbocycles. The number of aromatic nitrogens is 6. The Balaban J connectivity index is 0.000000434.